The van der Waals surface area contributed by atoms with Crippen molar-refractivity contribution in [1.29, 1.82) is 0 Å². The van der Waals surface area contributed by atoms with Gasteiger partial charge < -0.3 is 0 Å². The first-order chi connectivity index (χ1) is 4.20. The molecule has 0 aliphatic rings. The van der Waals surface area contributed by atoms with Gasteiger partial charge in [-0.2, -0.15) is 0 Å². The molecule has 0 bridgehead atoms. The standard InChI is InChI=1S/C9H12/c1-5-9(6-2)7-8(3)4/h1,6-7H,2-4H3/b9-6-. The first-order valence-electron chi connectivity index (χ1n) is 2.98. The zero-order valence-electron chi connectivity index (χ0n) is 6.23. The molecule has 0 saturated heterocycles. The minimum Gasteiger partial charge on any atom is -0.115 e. The van der Waals surface area contributed by atoms with Crippen molar-refractivity contribution in [2.45, 2.75) is 20.8 Å². The molecule has 0 fully saturated rings. The van der Waals surface area contributed by atoms with E-state index >= 15 is 0 Å². The van der Waals surface area contributed by atoms with Gasteiger partial charge in [-0.25, -0.2) is 0 Å². The lowest BCUT2D eigenvalue weighted by Gasteiger charge is -1.88. The molecule has 0 rings (SSSR count). The third-order valence-corrected chi connectivity index (χ3v) is 0.922. The van der Waals surface area contributed by atoms with E-state index in [-0.39, 0.29) is 0 Å². The van der Waals surface area contributed by atoms with Crippen LogP contribution in [0.15, 0.2) is 23.3 Å². The molecule has 0 aromatic heterocycles. The van der Waals surface area contributed by atoms with Gasteiger partial charge in [0.25, 0.3) is 0 Å². The molecule has 0 N–H and O–H groups in total. The molecule has 0 aromatic carbocycles. The molecule has 0 aliphatic carbocycles. The lowest BCUT2D eigenvalue weighted by atomic mass is 10.2. The van der Waals surface area contributed by atoms with E-state index in [1.807, 2.05) is 32.9 Å². The molecule has 0 atom stereocenters. The molecule has 48 valence electrons. The van der Waals surface area contributed by atoms with E-state index in [2.05, 4.69) is 5.92 Å². The number of rotatable bonds is 1. The van der Waals surface area contributed by atoms with Crippen LogP contribution in [0.4, 0.5) is 0 Å². The fourth-order valence-electron chi connectivity index (χ4n) is 0.519. The molecular formula is C9H12. The number of terminal acetylenes is 1. The van der Waals surface area contributed by atoms with E-state index in [0.29, 0.717) is 0 Å². The van der Waals surface area contributed by atoms with Gasteiger partial charge in [0.15, 0.2) is 0 Å². The predicted octanol–water partition coefficient (Wildman–Crippen LogP) is 2.53. The first kappa shape index (κ1) is 8.04. The molecule has 0 heterocycles. The van der Waals surface area contributed by atoms with E-state index < -0.39 is 0 Å². The summed E-state index contributed by atoms with van der Waals surface area (Å²) in [6.45, 7) is 6.00. The van der Waals surface area contributed by atoms with Crippen molar-refractivity contribution in [3.05, 3.63) is 23.3 Å². The summed E-state index contributed by atoms with van der Waals surface area (Å²) >= 11 is 0. The Bertz CT molecular complexity index is 171. The molecule has 0 aliphatic heterocycles. The fourth-order valence-corrected chi connectivity index (χ4v) is 0.519. The maximum atomic E-state index is 5.17. The minimum absolute atomic E-state index is 0.954. The summed E-state index contributed by atoms with van der Waals surface area (Å²) in [5, 5.41) is 0. The van der Waals surface area contributed by atoms with E-state index in [4.69, 9.17) is 6.42 Å². The lowest BCUT2D eigenvalue weighted by molar-refractivity contribution is 1.38. The Morgan fingerprint density at radius 2 is 2.00 bits per heavy atom. The van der Waals surface area contributed by atoms with Gasteiger partial charge in [0.2, 0.25) is 0 Å². The summed E-state index contributed by atoms with van der Waals surface area (Å²) in [6, 6.07) is 0. The predicted molar refractivity (Wildman–Crippen MR) is 42.0 cm³/mol. The van der Waals surface area contributed by atoms with Crippen molar-refractivity contribution in [3.8, 4) is 12.3 Å². The second-order valence-corrected chi connectivity index (χ2v) is 2.11. The highest BCUT2D eigenvalue weighted by Crippen LogP contribution is 1.98. The van der Waals surface area contributed by atoms with Crippen LogP contribution in [0.1, 0.15) is 20.8 Å². The van der Waals surface area contributed by atoms with Gasteiger partial charge in [0.05, 0.1) is 0 Å². The zero-order chi connectivity index (χ0) is 7.28. The van der Waals surface area contributed by atoms with Crippen LogP contribution in [0.3, 0.4) is 0 Å². The molecule has 0 unspecified atom stereocenters. The van der Waals surface area contributed by atoms with Crippen molar-refractivity contribution >= 4 is 0 Å². The van der Waals surface area contributed by atoms with Crippen LogP contribution in [0.5, 0.6) is 0 Å². The normalized spacial score (nSPS) is 10.2. The average Bonchev–Trinajstić information content (AvgIpc) is 1.82. The molecule has 0 nitrogen and oxygen atoms in total. The van der Waals surface area contributed by atoms with Crippen molar-refractivity contribution in [2.75, 3.05) is 0 Å². The Labute approximate surface area is 57.3 Å². The molecule has 9 heavy (non-hydrogen) atoms. The van der Waals surface area contributed by atoms with Crippen LogP contribution in [-0.2, 0) is 0 Å². The van der Waals surface area contributed by atoms with E-state index in [1.54, 1.807) is 0 Å². The summed E-state index contributed by atoms with van der Waals surface area (Å²) in [7, 11) is 0. The van der Waals surface area contributed by atoms with E-state index in [9.17, 15) is 0 Å². The maximum Gasteiger partial charge on any atom is 0.0199 e. The smallest absolute Gasteiger partial charge is 0.0199 e. The number of hydrogen-bond donors (Lipinski definition) is 0. The monoisotopic (exact) mass is 120 g/mol. The Morgan fingerprint density at radius 1 is 1.44 bits per heavy atom. The maximum absolute atomic E-state index is 5.17. The fraction of sp³-hybridized carbons (Fsp3) is 0.333. The summed E-state index contributed by atoms with van der Waals surface area (Å²) in [4.78, 5) is 0. The molecule has 0 radical (unpaired) electrons. The van der Waals surface area contributed by atoms with Gasteiger partial charge >= 0.3 is 0 Å². The van der Waals surface area contributed by atoms with Crippen molar-refractivity contribution in [2.24, 2.45) is 0 Å². The van der Waals surface area contributed by atoms with Gasteiger partial charge in [0, 0.05) is 5.57 Å². The Balaban J connectivity index is 4.24. The lowest BCUT2D eigenvalue weighted by Crippen LogP contribution is -1.70. The quantitative estimate of drug-likeness (QED) is 0.368. The summed E-state index contributed by atoms with van der Waals surface area (Å²) in [5.74, 6) is 2.57. The molecule has 0 aromatic rings. The highest BCUT2D eigenvalue weighted by molar-refractivity contribution is 5.36. The van der Waals surface area contributed by atoms with Crippen molar-refractivity contribution in [3.63, 3.8) is 0 Å². The summed E-state index contributed by atoms with van der Waals surface area (Å²) < 4.78 is 0. The third kappa shape index (κ3) is 3.61. The van der Waals surface area contributed by atoms with Crippen LogP contribution >= 0.6 is 0 Å². The average molecular weight is 120 g/mol. The Kier molecular flexibility index (Phi) is 3.55. The van der Waals surface area contributed by atoms with Crippen LogP contribution in [-0.4, -0.2) is 0 Å². The van der Waals surface area contributed by atoms with Crippen LogP contribution in [0.25, 0.3) is 0 Å². The first-order valence-corrected chi connectivity index (χ1v) is 2.98. The van der Waals surface area contributed by atoms with Crippen LogP contribution in [0, 0.1) is 12.3 Å². The van der Waals surface area contributed by atoms with E-state index in [1.165, 1.54) is 5.57 Å². The van der Waals surface area contributed by atoms with Gasteiger partial charge in [-0.3, -0.25) is 0 Å². The van der Waals surface area contributed by atoms with Crippen LogP contribution < -0.4 is 0 Å². The Morgan fingerprint density at radius 3 is 2.11 bits per heavy atom. The minimum atomic E-state index is 0.954. The van der Waals surface area contributed by atoms with Crippen LogP contribution in [0.2, 0.25) is 0 Å². The van der Waals surface area contributed by atoms with Gasteiger partial charge in [-0.05, 0) is 26.8 Å². The second kappa shape index (κ2) is 3.97. The second-order valence-electron chi connectivity index (χ2n) is 2.11. The van der Waals surface area contributed by atoms with Gasteiger partial charge in [-0.1, -0.05) is 17.6 Å². The number of hydrogen-bond acceptors (Lipinski definition) is 0. The highest BCUT2D eigenvalue weighted by Gasteiger charge is 1.81. The summed E-state index contributed by atoms with van der Waals surface area (Å²) in [6.07, 6.45) is 9.08. The highest BCUT2D eigenvalue weighted by atomic mass is 13.9. The molecule has 0 amide bonds. The Hall–Kier alpha value is -0.960. The molecule has 0 saturated carbocycles. The molecule has 0 heteroatoms. The SMILES string of the molecule is C#C/C(C=C(C)C)=C/C. The largest absolute Gasteiger partial charge is 0.115 e. The van der Waals surface area contributed by atoms with E-state index in [0.717, 1.165) is 5.57 Å². The number of allylic oxidation sites excluding steroid dienone is 4. The topological polar surface area (TPSA) is 0 Å². The van der Waals surface area contributed by atoms with Gasteiger partial charge in [0.1, 0.15) is 0 Å². The van der Waals surface area contributed by atoms with Crippen molar-refractivity contribution < 1.29 is 0 Å². The summed E-state index contributed by atoms with van der Waals surface area (Å²) in [5.41, 5.74) is 2.19. The van der Waals surface area contributed by atoms with Gasteiger partial charge in [-0.15, -0.1) is 6.42 Å². The zero-order valence-corrected chi connectivity index (χ0v) is 6.23. The molecule has 0 spiro atoms. The molecular weight excluding hydrogens is 108 g/mol. The van der Waals surface area contributed by atoms with Crippen molar-refractivity contribution in [1.82, 2.24) is 0 Å². The third-order valence-electron chi connectivity index (χ3n) is 0.922.